The van der Waals surface area contributed by atoms with E-state index in [0.717, 1.165) is 49.3 Å². The van der Waals surface area contributed by atoms with Gasteiger partial charge in [-0.15, -0.1) is 0 Å². The van der Waals surface area contributed by atoms with Crippen molar-refractivity contribution in [2.75, 3.05) is 19.8 Å². The summed E-state index contributed by atoms with van der Waals surface area (Å²) in [6, 6.07) is 5.84. The number of rotatable bonds is 4. The molecule has 1 fully saturated rings. The van der Waals surface area contributed by atoms with Gasteiger partial charge in [-0.25, -0.2) is 0 Å². The largest absolute Gasteiger partial charge is 0.491 e. The van der Waals surface area contributed by atoms with E-state index >= 15 is 0 Å². The van der Waals surface area contributed by atoms with Gasteiger partial charge in [-0.2, -0.15) is 0 Å². The number of hydrogen-bond donors (Lipinski definition) is 0. The van der Waals surface area contributed by atoms with Crippen LogP contribution in [0.5, 0.6) is 5.75 Å². The minimum atomic E-state index is 0.586. The summed E-state index contributed by atoms with van der Waals surface area (Å²) < 4.78 is 11.2. The van der Waals surface area contributed by atoms with E-state index in [1.54, 1.807) is 0 Å². The van der Waals surface area contributed by atoms with E-state index in [1.807, 2.05) is 18.2 Å². The normalized spacial score (nSPS) is 17.1. The Labute approximate surface area is 115 Å². The van der Waals surface area contributed by atoms with Crippen LogP contribution in [-0.2, 0) is 10.1 Å². The molecule has 1 heterocycles. The van der Waals surface area contributed by atoms with Gasteiger partial charge in [0.2, 0.25) is 0 Å². The van der Waals surface area contributed by atoms with E-state index in [9.17, 15) is 0 Å². The third-order valence-corrected chi connectivity index (χ3v) is 3.90. The van der Waals surface area contributed by atoms with Crippen molar-refractivity contribution < 1.29 is 9.47 Å². The summed E-state index contributed by atoms with van der Waals surface area (Å²) in [6.07, 6.45) is 2.15. The SMILES string of the molecule is Clc1cccc(CBr)c1OCC1CCOCC1. The molecule has 0 bridgehead atoms. The Morgan fingerprint density at radius 3 is 2.82 bits per heavy atom. The highest BCUT2D eigenvalue weighted by atomic mass is 79.9. The molecule has 1 aromatic carbocycles. The van der Waals surface area contributed by atoms with Crippen molar-refractivity contribution in [3.63, 3.8) is 0 Å². The first kappa shape index (κ1) is 13.2. The molecule has 1 aliphatic heterocycles. The van der Waals surface area contributed by atoms with Gasteiger partial charge < -0.3 is 9.47 Å². The average molecular weight is 320 g/mol. The van der Waals surface area contributed by atoms with Gasteiger partial charge in [-0.3, -0.25) is 0 Å². The first-order valence-corrected chi connectivity index (χ1v) is 7.35. The maximum atomic E-state index is 6.16. The van der Waals surface area contributed by atoms with E-state index in [1.165, 1.54) is 0 Å². The topological polar surface area (TPSA) is 18.5 Å². The van der Waals surface area contributed by atoms with Crippen LogP contribution in [0.1, 0.15) is 18.4 Å². The Bertz CT molecular complexity index is 364. The van der Waals surface area contributed by atoms with E-state index < -0.39 is 0 Å². The standard InChI is InChI=1S/C13H16BrClO2/c14-8-11-2-1-3-12(15)13(11)17-9-10-4-6-16-7-5-10/h1-3,10H,4-9H2. The van der Waals surface area contributed by atoms with Crippen LogP contribution < -0.4 is 4.74 Å². The van der Waals surface area contributed by atoms with Crippen LogP contribution in [0.3, 0.4) is 0 Å². The Hall–Kier alpha value is -0.250. The molecule has 0 aliphatic carbocycles. The lowest BCUT2D eigenvalue weighted by Gasteiger charge is -2.23. The van der Waals surface area contributed by atoms with Crippen LogP contribution in [0.25, 0.3) is 0 Å². The molecular weight excluding hydrogens is 303 g/mol. The minimum absolute atomic E-state index is 0.586. The average Bonchev–Trinajstić information content (AvgIpc) is 2.38. The fourth-order valence-corrected chi connectivity index (χ4v) is 2.62. The molecule has 0 radical (unpaired) electrons. The Morgan fingerprint density at radius 1 is 1.35 bits per heavy atom. The fourth-order valence-electron chi connectivity index (χ4n) is 1.93. The molecule has 0 N–H and O–H groups in total. The molecule has 0 spiro atoms. The van der Waals surface area contributed by atoms with E-state index in [0.29, 0.717) is 10.9 Å². The lowest BCUT2D eigenvalue weighted by Crippen LogP contribution is -2.21. The Balaban J connectivity index is 1.97. The highest BCUT2D eigenvalue weighted by molar-refractivity contribution is 9.08. The maximum absolute atomic E-state index is 6.16. The van der Waals surface area contributed by atoms with Crippen molar-refractivity contribution in [1.82, 2.24) is 0 Å². The van der Waals surface area contributed by atoms with Crippen LogP contribution in [0.15, 0.2) is 18.2 Å². The number of benzene rings is 1. The van der Waals surface area contributed by atoms with E-state index in [4.69, 9.17) is 21.1 Å². The number of halogens is 2. The van der Waals surface area contributed by atoms with Gasteiger partial charge in [0.15, 0.2) is 0 Å². The van der Waals surface area contributed by atoms with E-state index in [-0.39, 0.29) is 0 Å². The molecule has 1 saturated heterocycles. The van der Waals surface area contributed by atoms with Crippen molar-refractivity contribution in [3.8, 4) is 5.75 Å². The molecule has 0 amide bonds. The molecule has 4 heteroatoms. The summed E-state index contributed by atoms with van der Waals surface area (Å²) in [4.78, 5) is 0. The minimum Gasteiger partial charge on any atom is -0.491 e. The lowest BCUT2D eigenvalue weighted by molar-refractivity contribution is 0.0497. The Kier molecular flexibility index (Phi) is 5.14. The molecule has 0 atom stereocenters. The summed E-state index contributed by atoms with van der Waals surface area (Å²) in [5.41, 5.74) is 1.10. The summed E-state index contributed by atoms with van der Waals surface area (Å²) >= 11 is 9.61. The van der Waals surface area contributed by atoms with Gasteiger partial charge in [0, 0.05) is 24.1 Å². The van der Waals surface area contributed by atoms with Crippen molar-refractivity contribution in [3.05, 3.63) is 28.8 Å². The summed E-state index contributed by atoms with van der Waals surface area (Å²) in [5.74, 6) is 1.40. The number of alkyl halides is 1. The quantitative estimate of drug-likeness (QED) is 0.780. The van der Waals surface area contributed by atoms with Crippen LogP contribution >= 0.6 is 27.5 Å². The van der Waals surface area contributed by atoms with Gasteiger partial charge in [0.25, 0.3) is 0 Å². The molecule has 0 unspecified atom stereocenters. The summed E-state index contributed by atoms with van der Waals surface area (Å²) in [7, 11) is 0. The summed E-state index contributed by atoms with van der Waals surface area (Å²) in [5, 5.41) is 1.45. The molecular formula is C13H16BrClO2. The number of hydrogen-bond acceptors (Lipinski definition) is 2. The molecule has 2 nitrogen and oxygen atoms in total. The van der Waals surface area contributed by atoms with E-state index in [2.05, 4.69) is 15.9 Å². The number of para-hydroxylation sites is 1. The molecule has 0 aromatic heterocycles. The zero-order valence-electron chi connectivity index (χ0n) is 9.62. The van der Waals surface area contributed by atoms with Crippen LogP contribution in [0, 0.1) is 5.92 Å². The predicted molar refractivity (Wildman–Crippen MR) is 73.1 cm³/mol. The maximum Gasteiger partial charge on any atom is 0.141 e. The second kappa shape index (κ2) is 6.62. The van der Waals surface area contributed by atoms with Gasteiger partial charge in [-0.05, 0) is 24.8 Å². The molecule has 0 saturated carbocycles. The molecule has 2 rings (SSSR count). The zero-order valence-corrected chi connectivity index (χ0v) is 12.0. The van der Waals surface area contributed by atoms with Gasteiger partial charge >= 0.3 is 0 Å². The van der Waals surface area contributed by atoms with Gasteiger partial charge in [-0.1, -0.05) is 39.7 Å². The van der Waals surface area contributed by atoms with Gasteiger partial charge in [0.1, 0.15) is 5.75 Å². The molecule has 1 aromatic rings. The highest BCUT2D eigenvalue weighted by Gasteiger charge is 2.16. The van der Waals surface area contributed by atoms with Crippen LogP contribution in [0.4, 0.5) is 0 Å². The third-order valence-electron chi connectivity index (χ3n) is 3.00. The number of ether oxygens (including phenoxy) is 2. The first-order valence-electron chi connectivity index (χ1n) is 5.85. The van der Waals surface area contributed by atoms with Crippen molar-refractivity contribution >= 4 is 27.5 Å². The van der Waals surface area contributed by atoms with Crippen LogP contribution in [0.2, 0.25) is 5.02 Å². The smallest absolute Gasteiger partial charge is 0.141 e. The lowest BCUT2D eigenvalue weighted by atomic mass is 10.0. The van der Waals surface area contributed by atoms with Crippen LogP contribution in [-0.4, -0.2) is 19.8 Å². The molecule has 17 heavy (non-hydrogen) atoms. The van der Waals surface area contributed by atoms with Crippen molar-refractivity contribution in [2.45, 2.75) is 18.2 Å². The van der Waals surface area contributed by atoms with Gasteiger partial charge in [0.05, 0.1) is 11.6 Å². The second-order valence-electron chi connectivity index (χ2n) is 4.23. The summed E-state index contributed by atoms with van der Waals surface area (Å²) in [6.45, 7) is 2.43. The molecule has 94 valence electrons. The highest BCUT2D eigenvalue weighted by Crippen LogP contribution is 2.31. The van der Waals surface area contributed by atoms with Crippen molar-refractivity contribution in [1.29, 1.82) is 0 Å². The molecule has 1 aliphatic rings. The third kappa shape index (κ3) is 3.60. The monoisotopic (exact) mass is 318 g/mol. The second-order valence-corrected chi connectivity index (χ2v) is 5.20. The van der Waals surface area contributed by atoms with Crippen molar-refractivity contribution in [2.24, 2.45) is 5.92 Å². The predicted octanol–water partition coefficient (Wildman–Crippen LogP) is 4.04. The fraction of sp³-hybridized carbons (Fsp3) is 0.538. The zero-order chi connectivity index (χ0) is 12.1. The Morgan fingerprint density at radius 2 is 2.12 bits per heavy atom. The first-order chi connectivity index (χ1) is 8.31.